The van der Waals surface area contributed by atoms with Gasteiger partial charge in [0.15, 0.2) is 0 Å². The Balaban J connectivity index is 1.81. The summed E-state index contributed by atoms with van der Waals surface area (Å²) >= 11 is 0. The van der Waals surface area contributed by atoms with Crippen molar-refractivity contribution in [1.82, 2.24) is 0 Å². The van der Waals surface area contributed by atoms with E-state index in [-0.39, 0.29) is 17.9 Å². The summed E-state index contributed by atoms with van der Waals surface area (Å²) < 4.78 is 20.6. The molecule has 0 unspecified atom stereocenters. The Bertz CT molecular complexity index is 991. The van der Waals surface area contributed by atoms with Gasteiger partial charge in [0, 0.05) is 17.0 Å². The lowest BCUT2D eigenvalue weighted by Gasteiger charge is -2.11. The highest BCUT2D eigenvalue weighted by Gasteiger charge is 2.17. The molecule has 0 atom stereocenters. The number of furan rings is 1. The summed E-state index contributed by atoms with van der Waals surface area (Å²) in [7, 11) is 4.35. The van der Waals surface area contributed by atoms with Gasteiger partial charge in [-0.15, -0.1) is 0 Å². The SMILES string of the molecule is COC(=O)c1cc(OC)ccc1NC(=O)Cc1coc2cc(OC)ccc12. The number of anilines is 1. The highest BCUT2D eigenvalue weighted by atomic mass is 16.5. The molecule has 1 heterocycles. The zero-order chi connectivity index (χ0) is 19.4. The Kier molecular flexibility index (Phi) is 5.30. The molecular formula is C20H19NO6. The molecule has 0 saturated carbocycles. The van der Waals surface area contributed by atoms with E-state index in [4.69, 9.17) is 18.6 Å². The van der Waals surface area contributed by atoms with Crippen LogP contribution in [0.25, 0.3) is 11.0 Å². The number of hydrogen-bond donors (Lipinski definition) is 1. The molecule has 0 aliphatic heterocycles. The van der Waals surface area contributed by atoms with Crippen molar-refractivity contribution in [3.63, 3.8) is 0 Å². The van der Waals surface area contributed by atoms with Gasteiger partial charge in [-0.05, 0) is 30.3 Å². The van der Waals surface area contributed by atoms with E-state index < -0.39 is 5.97 Å². The van der Waals surface area contributed by atoms with Crippen LogP contribution in [0.3, 0.4) is 0 Å². The summed E-state index contributed by atoms with van der Waals surface area (Å²) in [4.78, 5) is 24.5. The molecule has 2 aromatic carbocycles. The Labute approximate surface area is 155 Å². The first-order chi connectivity index (χ1) is 13.0. The number of nitrogens with one attached hydrogen (secondary N) is 1. The van der Waals surface area contributed by atoms with Crippen molar-refractivity contribution >= 4 is 28.5 Å². The lowest BCUT2D eigenvalue weighted by atomic mass is 10.1. The quantitative estimate of drug-likeness (QED) is 0.670. The van der Waals surface area contributed by atoms with Gasteiger partial charge in [-0.2, -0.15) is 0 Å². The number of hydrogen-bond acceptors (Lipinski definition) is 6. The molecule has 0 saturated heterocycles. The first-order valence-corrected chi connectivity index (χ1v) is 8.16. The number of carbonyl (C=O) groups is 2. The van der Waals surface area contributed by atoms with Gasteiger partial charge in [0.2, 0.25) is 5.91 Å². The van der Waals surface area contributed by atoms with Crippen LogP contribution in [0.4, 0.5) is 5.69 Å². The second-order valence-corrected chi connectivity index (χ2v) is 5.75. The average molecular weight is 369 g/mol. The van der Waals surface area contributed by atoms with Crippen LogP contribution in [0, 0.1) is 0 Å². The predicted molar refractivity (Wildman–Crippen MR) is 99.4 cm³/mol. The molecule has 0 fully saturated rings. The van der Waals surface area contributed by atoms with Crippen molar-refractivity contribution in [2.24, 2.45) is 0 Å². The number of esters is 1. The Hall–Kier alpha value is -3.48. The summed E-state index contributed by atoms with van der Waals surface area (Å²) in [5.74, 6) is 0.311. The van der Waals surface area contributed by atoms with E-state index in [1.807, 2.05) is 6.07 Å². The van der Waals surface area contributed by atoms with Gasteiger partial charge >= 0.3 is 5.97 Å². The molecule has 1 amide bonds. The lowest BCUT2D eigenvalue weighted by Crippen LogP contribution is -2.17. The van der Waals surface area contributed by atoms with Crippen molar-refractivity contribution in [3.8, 4) is 11.5 Å². The van der Waals surface area contributed by atoms with Crippen LogP contribution >= 0.6 is 0 Å². The van der Waals surface area contributed by atoms with E-state index in [0.717, 1.165) is 10.9 Å². The molecule has 0 aliphatic carbocycles. The van der Waals surface area contributed by atoms with Gasteiger partial charge in [-0.1, -0.05) is 0 Å². The summed E-state index contributed by atoms with van der Waals surface area (Å²) in [6, 6.07) is 10.2. The minimum absolute atomic E-state index is 0.0893. The average Bonchev–Trinajstić information content (AvgIpc) is 3.09. The lowest BCUT2D eigenvalue weighted by molar-refractivity contribution is -0.115. The van der Waals surface area contributed by atoms with Crippen molar-refractivity contribution in [2.45, 2.75) is 6.42 Å². The fourth-order valence-electron chi connectivity index (χ4n) is 2.73. The fraction of sp³-hybridized carbons (Fsp3) is 0.200. The van der Waals surface area contributed by atoms with Crippen molar-refractivity contribution in [3.05, 3.63) is 53.8 Å². The third-order valence-electron chi connectivity index (χ3n) is 4.12. The monoisotopic (exact) mass is 369 g/mol. The molecular weight excluding hydrogens is 350 g/mol. The first kappa shape index (κ1) is 18.3. The third kappa shape index (κ3) is 3.87. The van der Waals surface area contributed by atoms with E-state index in [2.05, 4.69) is 5.32 Å². The van der Waals surface area contributed by atoms with Crippen LogP contribution in [0.1, 0.15) is 15.9 Å². The summed E-state index contributed by atoms with van der Waals surface area (Å²) in [6.07, 6.45) is 1.63. The van der Waals surface area contributed by atoms with E-state index in [0.29, 0.717) is 22.8 Å². The van der Waals surface area contributed by atoms with E-state index in [1.165, 1.54) is 20.3 Å². The van der Waals surface area contributed by atoms with Gasteiger partial charge in [0.1, 0.15) is 17.1 Å². The van der Waals surface area contributed by atoms with Crippen molar-refractivity contribution < 1.29 is 28.2 Å². The van der Waals surface area contributed by atoms with Crippen molar-refractivity contribution in [1.29, 1.82) is 0 Å². The molecule has 1 aromatic heterocycles. The van der Waals surface area contributed by atoms with Gasteiger partial charge in [0.25, 0.3) is 0 Å². The maximum absolute atomic E-state index is 12.5. The standard InChI is InChI=1S/C20H19NO6/c1-24-13-5-7-17(16(9-13)20(23)26-3)21-19(22)8-12-11-27-18-10-14(25-2)4-6-15(12)18/h4-7,9-11H,8H2,1-3H3,(H,21,22). The molecule has 7 heteroatoms. The Morgan fingerprint density at radius 1 is 1.00 bits per heavy atom. The van der Waals surface area contributed by atoms with Gasteiger partial charge in [-0.3, -0.25) is 4.79 Å². The van der Waals surface area contributed by atoms with Crippen LogP contribution in [0.2, 0.25) is 0 Å². The molecule has 0 radical (unpaired) electrons. The molecule has 1 N–H and O–H groups in total. The smallest absolute Gasteiger partial charge is 0.340 e. The van der Waals surface area contributed by atoms with E-state index >= 15 is 0 Å². The third-order valence-corrected chi connectivity index (χ3v) is 4.12. The molecule has 140 valence electrons. The van der Waals surface area contributed by atoms with Crippen LogP contribution in [-0.4, -0.2) is 33.2 Å². The summed E-state index contributed by atoms with van der Waals surface area (Å²) in [5.41, 5.74) is 1.93. The normalized spacial score (nSPS) is 10.5. The van der Waals surface area contributed by atoms with E-state index in [1.54, 1.807) is 37.6 Å². The number of fused-ring (bicyclic) bond motifs is 1. The number of amides is 1. The van der Waals surface area contributed by atoms with Crippen LogP contribution in [-0.2, 0) is 16.0 Å². The Morgan fingerprint density at radius 2 is 1.70 bits per heavy atom. The molecule has 0 spiro atoms. The van der Waals surface area contributed by atoms with Crippen LogP contribution < -0.4 is 14.8 Å². The zero-order valence-corrected chi connectivity index (χ0v) is 15.2. The second kappa shape index (κ2) is 7.82. The maximum Gasteiger partial charge on any atom is 0.340 e. The minimum Gasteiger partial charge on any atom is -0.497 e. The largest absolute Gasteiger partial charge is 0.497 e. The highest BCUT2D eigenvalue weighted by Crippen LogP contribution is 2.27. The van der Waals surface area contributed by atoms with Crippen LogP contribution in [0.5, 0.6) is 11.5 Å². The summed E-state index contributed by atoms with van der Waals surface area (Å²) in [5, 5.41) is 3.57. The molecule has 0 bridgehead atoms. The molecule has 7 nitrogen and oxygen atoms in total. The molecule has 3 aromatic rings. The zero-order valence-electron chi connectivity index (χ0n) is 15.2. The maximum atomic E-state index is 12.5. The Morgan fingerprint density at radius 3 is 2.41 bits per heavy atom. The first-order valence-electron chi connectivity index (χ1n) is 8.16. The molecule has 0 aliphatic rings. The number of benzene rings is 2. The van der Waals surface area contributed by atoms with Crippen LogP contribution in [0.15, 0.2) is 47.1 Å². The second-order valence-electron chi connectivity index (χ2n) is 5.75. The van der Waals surface area contributed by atoms with Gasteiger partial charge < -0.3 is 23.9 Å². The van der Waals surface area contributed by atoms with Gasteiger partial charge in [-0.25, -0.2) is 4.79 Å². The molecule has 3 rings (SSSR count). The highest BCUT2D eigenvalue weighted by molar-refractivity contribution is 6.02. The minimum atomic E-state index is -0.565. The number of rotatable bonds is 6. The van der Waals surface area contributed by atoms with Gasteiger partial charge in [0.05, 0.1) is 45.3 Å². The van der Waals surface area contributed by atoms with E-state index in [9.17, 15) is 9.59 Å². The fourth-order valence-corrected chi connectivity index (χ4v) is 2.73. The predicted octanol–water partition coefficient (Wildman–Crippen LogP) is 3.42. The van der Waals surface area contributed by atoms with Crippen molar-refractivity contribution in [2.75, 3.05) is 26.6 Å². The number of ether oxygens (including phenoxy) is 3. The molecule has 27 heavy (non-hydrogen) atoms. The number of methoxy groups -OCH3 is 3. The summed E-state index contributed by atoms with van der Waals surface area (Å²) in [6.45, 7) is 0. The topological polar surface area (TPSA) is 87.0 Å². The number of carbonyl (C=O) groups excluding carboxylic acids is 2.